The molecule has 2 aliphatic rings. The third kappa shape index (κ3) is 3.52. The van der Waals surface area contributed by atoms with E-state index in [-0.39, 0.29) is 23.3 Å². The van der Waals surface area contributed by atoms with E-state index in [1.54, 1.807) is 4.68 Å². The Bertz CT molecular complexity index is 1000. The lowest BCUT2D eigenvalue weighted by Gasteiger charge is -2.21. The van der Waals surface area contributed by atoms with Gasteiger partial charge in [-0.25, -0.2) is 13.1 Å². The SMILES string of the molecule is Cc1ccc(-n2nc3c(c2NC(=O)C2CCCCC2)CS(=O)(=O)C3)c(C)c1. The zero-order valence-electron chi connectivity index (χ0n) is 15.8. The summed E-state index contributed by atoms with van der Waals surface area (Å²) in [4.78, 5) is 12.8. The van der Waals surface area contributed by atoms with E-state index in [1.807, 2.05) is 26.0 Å². The van der Waals surface area contributed by atoms with Crippen molar-refractivity contribution in [2.24, 2.45) is 5.92 Å². The number of anilines is 1. The summed E-state index contributed by atoms with van der Waals surface area (Å²) < 4.78 is 25.9. The second kappa shape index (κ2) is 6.78. The normalized spacial score (nSPS) is 19.0. The van der Waals surface area contributed by atoms with Crippen molar-refractivity contribution in [1.29, 1.82) is 0 Å². The quantitative estimate of drug-likeness (QED) is 0.875. The van der Waals surface area contributed by atoms with Crippen molar-refractivity contribution < 1.29 is 13.2 Å². The van der Waals surface area contributed by atoms with E-state index in [1.165, 1.54) is 6.42 Å². The summed E-state index contributed by atoms with van der Waals surface area (Å²) in [7, 11) is -3.19. The van der Waals surface area contributed by atoms with Crippen LogP contribution in [-0.2, 0) is 26.1 Å². The molecule has 1 amide bonds. The maximum absolute atomic E-state index is 12.8. The van der Waals surface area contributed by atoms with Crippen molar-refractivity contribution in [2.45, 2.75) is 57.5 Å². The molecule has 1 N–H and O–H groups in total. The molecule has 0 spiro atoms. The van der Waals surface area contributed by atoms with Crippen LogP contribution in [0.4, 0.5) is 5.82 Å². The molecular formula is C20H25N3O3S. The summed E-state index contributed by atoms with van der Waals surface area (Å²) in [5, 5.41) is 7.60. The molecule has 144 valence electrons. The predicted molar refractivity (Wildman–Crippen MR) is 105 cm³/mol. The van der Waals surface area contributed by atoms with E-state index in [0.29, 0.717) is 17.1 Å². The van der Waals surface area contributed by atoms with E-state index in [9.17, 15) is 13.2 Å². The van der Waals surface area contributed by atoms with Gasteiger partial charge in [0.25, 0.3) is 0 Å². The van der Waals surface area contributed by atoms with Gasteiger partial charge >= 0.3 is 0 Å². The average molecular weight is 388 g/mol. The maximum atomic E-state index is 12.8. The van der Waals surface area contributed by atoms with Crippen molar-refractivity contribution in [1.82, 2.24) is 9.78 Å². The highest BCUT2D eigenvalue weighted by atomic mass is 32.2. The van der Waals surface area contributed by atoms with Crippen molar-refractivity contribution in [3.63, 3.8) is 0 Å². The Hall–Kier alpha value is -2.15. The molecule has 0 unspecified atom stereocenters. The Balaban J connectivity index is 1.75. The van der Waals surface area contributed by atoms with E-state index < -0.39 is 9.84 Å². The maximum Gasteiger partial charge on any atom is 0.228 e. The number of fused-ring (bicyclic) bond motifs is 1. The smallest absolute Gasteiger partial charge is 0.228 e. The fourth-order valence-corrected chi connectivity index (χ4v) is 5.67. The molecule has 1 aromatic heterocycles. The van der Waals surface area contributed by atoms with Gasteiger partial charge in [0.2, 0.25) is 5.91 Å². The number of amides is 1. The van der Waals surface area contributed by atoms with Crippen LogP contribution < -0.4 is 5.32 Å². The van der Waals surface area contributed by atoms with Crippen LogP contribution in [0, 0.1) is 19.8 Å². The molecule has 7 heteroatoms. The minimum Gasteiger partial charge on any atom is -0.310 e. The van der Waals surface area contributed by atoms with Crippen LogP contribution in [0.2, 0.25) is 0 Å². The van der Waals surface area contributed by atoms with Gasteiger partial charge in [0.1, 0.15) is 5.82 Å². The number of hydrogen-bond acceptors (Lipinski definition) is 4. The molecule has 2 aromatic rings. The lowest BCUT2D eigenvalue weighted by atomic mass is 9.88. The number of sulfone groups is 1. The monoisotopic (exact) mass is 387 g/mol. The number of nitrogens with one attached hydrogen (secondary N) is 1. The Morgan fingerprint density at radius 1 is 1.15 bits per heavy atom. The van der Waals surface area contributed by atoms with Gasteiger partial charge in [-0.2, -0.15) is 5.10 Å². The molecule has 1 fully saturated rings. The highest BCUT2D eigenvalue weighted by Crippen LogP contribution is 2.35. The molecule has 1 aliphatic heterocycles. The lowest BCUT2D eigenvalue weighted by Crippen LogP contribution is -2.26. The molecule has 0 radical (unpaired) electrons. The highest BCUT2D eigenvalue weighted by molar-refractivity contribution is 7.90. The Morgan fingerprint density at radius 3 is 2.59 bits per heavy atom. The van der Waals surface area contributed by atoms with Crippen LogP contribution in [-0.4, -0.2) is 24.1 Å². The van der Waals surface area contributed by atoms with Crippen LogP contribution in [0.3, 0.4) is 0 Å². The number of carbonyl (C=O) groups is 1. The second-order valence-corrected chi connectivity index (χ2v) is 9.90. The zero-order chi connectivity index (χ0) is 19.2. The molecule has 2 heterocycles. The number of nitrogens with zero attached hydrogens (tertiary/aromatic N) is 2. The number of rotatable bonds is 3. The van der Waals surface area contributed by atoms with Gasteiger partial charge in [-0.3, -0.25) is 4.79 Å². The zero-order valence-corrected chi connectivity index (χ0v) is 16.6. The summed E-state index contributed by atoms with van der Waals surface area (Å²) in [6.45, 7) is 4.02. The van der Waals surface area contributed by atoms with Gasteiger partial charge < -0.3 is 5.32 Å². The van der Waals surface area contributed by atoms with Crippen LogP contribution in [0.1, 0.15) is 54.5 Å². The molecule has 0 bridgehead atoms. The number of carbonyl (C=O) groups excluding carboxylic acids is 1. The van der Waals surface area contributed by atoms with Crippen LogP contribution in [0.15, 0.2) is 18.2 Å². The summed E-state index contributed by atoms with van der Waals surface area (Å²) in [5.41, 5.74) is 4.23. The summed E-state index contributed by atoms with van der Waals surface area (Å²) in [5.74, 6) is 0.372. The highest BCUT2D eigenvalue weighted by Gasteiger charge is 2.34. The van der Waals surface area contributed by atoms with Gasteiger partial charge in [-0.1, -0.05) is 37.0 Å². The predicted octanol–water partition coefficient (Wildman–Crippen LogP) is 3.44. The Morgan fingerprint density at radius 2 is 1.89 bits per heavy atom. The van der Waals surface area contributed by atoms with E-state index in [4.69, 9.17) is 0 Å². The molecule has 27 heavy (non-hydrogen) atoms. The first kappa shape index (κ1) is 18.2. The van der Waals surface area contributed by atoms with Gasteiger partial charge in [0.15, 0.2) is 9.84 Å². The second-order valence-electron chi connectivity index (χ2n) is 7.83. The van der Waals surface area contributed by atoms with Gasteiger partial charge in [0, 0.05) is 11.5 Å². The van der Waals surface area contributed by atoms with Crippen molar-refractivity contribution >= 4 is 21.6 Å². The van der Waals surface area contributed by atoms with Crippen molar-refractivity contribution in [2.75, 3.05) is 5.32 Å². The Labute approximate surface area is 159 Å². The van der Waals surface area contributed by atoms with Crippen LogP contribution >= 0.6 is 0 Å². The van der Waals surface area contributed by atoms with Gasteiger partial charge in [-0.05, 0) is 38.3 Å². The largest absolute Gasteiger partial charge is 0.310 e. The van der Waals surface area contributed by atoms with Gasteiger partial charge in [0.05, 0.1) is 22.9 Å². The number of hydrogen-bond donors (Lipinski definition) is 1. The van der Waals surface area contributed by atoms with Gasteiger partial charge in [-0.15, -0.1) is 0 Å². The minimum atomic E-state index is -3.19. The number of aryl methyl sites for hydroxylation is 2. The van der Waals surface area contributed by atoms with E-state index in [2.05, 4.69) is 16.5 Å². The molecule has 1 saturated carbocycles. The third-order valence-electron chi connectivity index (χ3n) is 5.59. The molecule has 0 saturated heterocycles. The first-order valence-corrected chi connectivity index (χ1v) is 11.4. The molecule has 4 rings (SSSR count). The van der Waals surface area contributed by atoms with Crippen molar-refractivity contribution in [3.05, 3.63) is 40.6 Å². The minimum absolute atomic E-state index is 0.00475. The first-order chi connectivity index (χ1) is 12.8. The van der Waals surface area contributed by atoms with Crippen LogP contribution in [0.25, 0.3) is 5.69 Å². The molecule has 6 nitrogen and oxygen atoms in total. The molecule has 1 aromatic carbocycles. The number of benzene rings is 1. The summed E-state index contributed by atoms with van der Waals surface area (Å²) in [6.07, 6.45) is 5.10. The summed E-state index contributed by atoms with van der Waals surface area (Å²) >= 11 is 0. The third-order valence-corrected chi connectivity index (χ3v) is 7.03. The average Bonchev–Trinajstić information content (AvgIpc) is 3.08. The lowest BCUT2D eigenvalue weighted by molar-refractivity contribution is -0.120. The molecular weight excluding hydrogens is 362 g/mol. The fourth-order valence-electron chi connectivity index (χ4n) is 4.17. The molecule has 0 atom stereocenters. The summed E-state index contributed by atoms with van der Waals surface area (Å²) in [6, 6.07) is 6.03. The standard InChI is InChI=1S/C20H25N3O3S/c1-13-8-9-18(14(2)10-13)23-19(16-11-27(25,26)12-17(16)22-23)21-20(24)15-6-4-3-5-7-15/h8-10,15H,3-7,11-12H2,1-2H3,(H,21,24). The van der Waals surface area contributed by atoms with Crippen LogP contribution in [0.5, 0.6) is 0 Å². The first-order valence-electron chi connectivity index (χ1n) is 9.54. The fraction of sp³-hybridized carbons (Fsp3) is 0.500. The topological polar surface area (TPSA) is 81.1 Å². The number of aromatic nitrogens is 2. The Kier molecular flexibility index (Phi) is 4.58. The molecule has 1 aliphatic carbocycles. The van der Waals surface area contributed by atoms with Crippen molar-refractivity contribution in [3.8, 4) is 5.69 Å². The van der Waals surface area contributed by atoms with E-state index >= 15 is 0 Å². The van der Waals surface area contributed by atoms with E-state index in [0.717, 1.165) is 42.5 Å².